The van der Waals surface area contributed by atoms with E-state index >= 15 is 0 Å². The van der Waals surface area contributed by atoms with Gasteiger partial charge in [-0.15, -0.1) is 0 Å². The van der Waals surface area contributed by atoms with E-state index in [2.05, 4.69) is 10.4 Å². The van der Waals surface area contributed by atoms with Gasteiger partial charge in [0.2, 0.25) is 0 Å². The molecular weight excluding hydrogens is 238 g/mol. The van der Waals surface area contributed by atoms with E-state index in [4.69, 9.17) is 5.84 Å². The molecule has 0 bridgehead atoms. The molecule has 0 aliphatic rings. The summed E-state index contributed by atoms with van der Waals surface area (Å²) in [5, 5.41) is 0. The summed E-state index contributed by atoms with van der Waals surface area (Å²) >= 11 is 0. The Morgan fingerprint density at radius 2 is 2.24 bits per heavy atom. The van der Waals surface area contributed by atoms with Crippen molar-refractivity contribution in [1.29, 1.82) is 0 Å². The topological polar surface area (TPSA) is 85.1 Å². The predicted molar refractivity (Wildman–Crippen MR) is 67.9 cm³/mol. The molecule has 5 nitrogen and oxygen atoms in total. The van der Waals surface area contributed by atoms with Crippen molar-refractivity contribution >= 4 is 9.84 Å². The van der Waals surface area contributed by atoms with Crippen LogP contribution in [0.15, 0.2) is 24.4 Å². The highest BCUT2D eigenvalue weighted by molar-refractivity contribution is 7.91. The number of nitrogens with one attached hydrogen (secondary N) is 1. The monoisotopic (exact) mass is 257 g/mol. The second kappa shape index (κ2) is 6.68. The smallest absolute Gasteiger partial charge is 0.150 e. The highest BCUT2D eigenvalue weighted by Gasteiger charge is 2.13. The summed E-state index contributed by atoms with van der Waals surface area (Å²) in [4.78, 5) is 4.19. The molecule has 0 saturated carbocycles. The van der Waals surface area contributed by atoms with Crippen LogP contribution in [-0.4, -0.2) is 24.9 Å². The Morgan fingerprint density at radius 3 is 2.76 bits per heavy atom. The van der Waals surface area contributed by atoms with Crippen LogP contribution in [-0.2, 0) is 9.84 Å². The number of hydrogen-bond acceptors (Lipinski definition) is 5. The van der Waals surface area contributed by atoms with Gasteiger partial charge in [0, 0.05) is 11.9 Å². The molecule has 0 saturated heterocycles. The molecule has 1 unspecified atom stereocenters. The molecule has 1 aromatic heterocycles. The van der Waals surface area contributed by atoms with Crippen molar-refractivity contribution in [3.8, 4) is 0 Å². The lowest BCUT2D eigenvalue weighted by Gasteiger charge is -2.14. The molecular formula is C11H19N3O2S. The van der Waals surface area contributed by atoms with Gasteiger partial charge in [-0.3, -0.25) is 16.3 Å². The predicted octanol–water partition coefficient (Wildman–Crippen LogP) is 0.801. The summed E-state index contributed by atoms with van der Waals surface area (Å²) in [7, 11) is -2.89. The quantitative estimate of drug-likeness (QED) is 0.557. The van der Waals surface area contributed by atoms with Crippen LogP contribution in [0.1, 0.15) is 31.5 Å². The molecule has 0 amide bonds. The van der Waals surface area contributed by atoms with Crippen LogP contribution in [0, 0.1) is 0 Å². The van der Waals surface area contributed by atoms with Crippen molar-refractivity contribution in [2.24, 2.45) is 5.84 Å². The molecule has 1 atom stereocenters. The van der Waals surface area contributed by atoms with Gasteiger partial charge in [-0.05, 0) is 25.0 Å². The second-order valence-corrected chi connectivity index (χ2v) is 6.33. The fourth-order valence-electron chi connectivity index (χ4n) is 1.55. The SMILES string of the molecule is CCS(=O)(=O)CCCC(NN)c1ccccn1. The zero-order valence-electron chi connectivity index (χ0n) is 9.96. The minimum absolute atomic E-state index is 0.0942. The van der Waals surface area contributed by atoms with Crippen LogP contribution < -0.4 is 11.3 Å². The van der Waals surface area contributed by atoms with Crippen LogP contribution >= 0.6 is 0 Å². The van der Waals surface area contributed by atoms with E-state index < -0.39 is 9.84 Å². The van der Waals surface area contributed by atoms with Gasteiger partial charge in [0.15, 0.2) is 0 Å². The maximum atomic E-state index is 11.3. The summed E-state index contributed by atoms with van der Waals surface area (Å²) in [6.45, 7) is 1.66. The highest BCUT2D eigenvalue weighted by atomic mass is 32.2. The Bertz CT molecular complexity index is 420. The van der Waals surface area contributed by atoms with Gasteiger partial charge < -0.3 is 0 Å². The molecule has 1 heterocycles. The van der Waals surface area contributed by atoms with E-state index in [9.17, 15) is 8.42 Å². The number of aromatic nitrogens is 1. The normalized spacial score (nSPS) is 13.5. The molecule has 3 N–H and O–H groups in total. The Labute approximate surface area is 102 Å². The Balaban J connectivity index is 2.50. The zero-order valence-corrected chi connectivity index (χ0v) is 10.8. The van der Waals surface area contributed by atoms with Crippen LogP contribution in [0.3, 0.4) is 0 Å². The molecule has 0 spiro atoms. The van der Waals surface area contributed by atoms with Gasteiger partial charge >= 0.3 is 0 Å². The van der Waals surface area contributed by atoms with E-state index in [0.29, 0.717) is 12.8 Å². The maximum absolute atomic E-state index is 11.3. The fourth-order valence-corrected chi connectivity index (χ4v) is 2.45. The third-order valence-corrected chi connectivity index (χ3v) is 4.42. The molecule has 0 fully saturated rings. The summed E-state index contributed by atoms with van der Waals surface area (Å²) in [5.41, 5.74) is 3.50. The van der Waals surface area contributed by atoms with E-state index in [1.54, 1.807) is 13.1 Å². The van der Waals surface area contributed by atoms with E-state index in [-0.39, 0.29) is 17.5 Å². The number of nitrogens with two attached hydrogens (primary N) is 1. The van der Waals surface area contributed by atoms with Gasteiger partial charge in [-0.25, -0.2) is 8.42 Å². The lowest BCUT2D eigenvalue weighted by molar-refractivity contribution is 0.496. The van der Waals surface area contributed by atoms with Crippen molar-refractivity contribution in [1.82, 2.24) is 10.4 Å². The average molecular weight is 257 g/mol. The van der Waals surface area contributed by atoms with E-state index in [1.165, 1.54) is 0 Å². The van der Waals surface area contributed by atoms with Crippen molar-refractivity contribution in [3.63, 3.8) is 0 Å². The summed E-state index contributed by atoms with van der Waals surface area (Å²) in [5.74, 6) is 5.84. The van der Waals surface area contributed by atoms with Crippen LogP contribution in [0.4, 0.5) is 0 Å². The van der Waals surface area contributed by atoms with Gasteiger partial charge in [0.05, 0.1) is 17.5 Å². The largest absolute Gasteiger partial charge is 0.271 e. The molecule has 17 heavy (non-hydrogen) atoms. The van der Waals surface area contributed by atoms with Crippen LogP contribution in [0.5, 0.6) is 0 Å². The first-order valence-electron chi connectivity index (χ1n) is 5.66. The molecule has 0 aliphatic carbocycles. The first kappa shape index (κ1) is 14.1. The molecule has 6 heteroatoms. The molecule has 0 radical (unpaired) electrons. The zero-order chi connectivity index (χ0) is 12.7. The van der Waals surface area contributed by atoms with E-state index in [0.717, 1.165) is 5.69 Å². The number of rotatable bonds is 7. The second-order valence-electron chi connectivity index (χ2n) is 3.85. The van der Waals surface area contributed by atoms with Crippen molar-refractivity contribution in [2.45, 2.75) is 25.8 Å². The third-order valence-electron chi connectivity index (χ3n) is 2.63. The summed E-state index contributed by atoms with van der Waals surface area (Å²) in [6.07, 6.45) is 2.94. The first-order chi connectivity index (χ1) is 8.09. The van der Waals surface area contributed by atoms with Gasteiger partial charge in [-0.1, -0.05) is 13.0 Å². The molecule has 1 aromatic rings. The lowest BCUT2D eigenvalue weighted by Crippen LogP contribution is -2.29. The minimum atomic E-state index is -2.89. The summed E-state index contributed by atoms with van der Waals surface area (Å²) in [6, 6.07) is 5.50. The van der Waals surface area contributed by atoms with Gasteiger partial charge in [-0.2, -0.15) is 0 Å². The highest BCUT2D eigenvalue weighted by Crippen LogP contribution is 2.15. The minimum Gasteiger partial charge on any atom is -0.271 e. The number of hydrogen-bond donors (Lipinski definition) is 2. The Morgan fingerprint density at radius 1 is 1.47 bits per heavy atom. The molecule has 96 valence electrons. The molecule has 1 rings (SSSR count). The number of sulfone groups is 1. The van der Waals surface area contributed by atoms with Crippen molar-refractivity contribution in [2.75, 3.05) is 11.5 Å². The Hall–Kier alpha value is -0.980. The molecule has 0 aromatic carbocycles. The van der Waals surface area contributed by atoms with E-state index in [1.807, 2.05) is 18.2 Å². The Kier molecular flexibility index (Phi) is 5.54. The summed E-state index contributed by atoms with van der Waals surface area (Å²) < 4.78 is 22.7. The van der Waals surface area contributed by atoms with Crippen molar-refractivity contribution < 1.29 is 8.42 Å². The number of hydrazine groups is 1. The average Bonchev–Trinajstić information content (AvgIpc) is 2.36. The third kappa shape index (κ3) is 4.80. The van der Waals surface area contributed by atoms with Gasteiger partial charge in [0.25, 0.3) is 0 Å². The van der Waals surface area contributed by atoms with Crippen LogP contribution in [0.2, 0.25) is 0 Å². The standard InChI is InChI=1S/C11H19N3O2S/c1-2-17(15,16)9-5-7-11(14-12)10-6-3-4-8-13-10/h3-4,6,8,11,14H,2,5,7,9,12H2,1H3. The van der Waals surface area contributed by atoms with Crippen molar-refractivity contribution in [3.05, 3.63) is 30.1 Å². The maximum Gasteiger partial charge on any atom is 0.150 e. The number of pyridine rings is 1. The van der Waals surface area contributed by atoms with Crippen LogP contribution in [0.25, 0.3) is 0 Å². The fraction of sp³-hybridized carbons (Fsp3) is 0.545. The first-order valence-corrected chi connectivity index (χ1v) is 7.48. The molecule has 0 aliphatic heterocycles. The van der Waals surface area contributed by atoms with Gasteiger partial charge in [0.1, 0.15) is 9.84 Å². The lowest BCUT2D eigenvalue weighted by atomic mass is 10.1. The number of nitrogens with zero attached hydrogens (tertiary/aromatic N) is 1.